The lowest BCUT2D eigenvalue weighted by molar-refractivity contribution is -0.0667. The van der Waals surface area contributed by atoms with Crippen LogP contribution < -0.4 is 10.1 Å². The van der Waals surface area contributed by atoms with Crippen molar-refractivity contribution >= 4 is 29.9 Å². The summed E-state index contributed by atoms with van der Waals surface area (Å²) < 4.78 is 5.44. The summed E-state index contributed by atoms with van der Waals surface area (Å²) >= 11 is 0. The molecule has 1 saturated heterocycles. The Kier molecular flexibility index (Phi) is 6.68. The van der Waals surface area contributed by atoms with Crippen molar-refractivity contribution in [2.45, 2.75) is 46.7 Å². The van der Waals surface area contributed by atoms with E-state index in [2.05, 4.69) is 47.9 Å². The van der Waals surface area contributed by atoms with Crippen LogP contribution in [0.5, 0.6) is 5.88 Å². The number of aliphatic imine (C=N–C) groups is 1. The van der Waals surface area contributed by atoms with Gasteiger partial charge >= 0.3 is 0 Å². The van der Waals surface area contributed by atoms with Gasteiger partial charge in [-0.3, -0.25) is 4.99 Å². The Labute approximate surface area is 156 Å². The lowest BCUT2D eigenvalue weighted by Crippen LogP contribution is -2.72. The number of nitrogens with zero attached hydrogens (tertiary/aromatic N) is 3. The molecule has 130 valence electrons. The number of likely N-dealkylation sites (tertiary alicyclic amines) is 1. The van der Waals surface area contributed by atoms with Crippen LogP contribution in [0.1, 0.15) is 40.2 Å². The number of halogens is 1. The Morgan fingerprint density at radius 1 is 1.39 bits per heavy atom. The van der Waals surface area contributed by atoms with Gasteiger partial charge in [-0.2, -0.15) is 0 Å². The molecule has 6 heteroatoms. The van der Waals surface area contributed by atoms with Gasteiger partial charge in [-0.25, -0.2) is 4.98 Å². The minimum Gasteiger partial charge on any atom is -0.478 e. The Hall–Kier alpha value is -1.05. The molecule has 1 aromatic heterocycles. The van der Waals surface area contributed by atoms with Gasteiger partial charge in [0.05, 0.1) is 6.61 Å². The lowest BCUT2D eigenvalue weighted by atomic mass is 9.65. The van der Waals surface area contributed by atoms with Gasteiger partial charge in [0.15, 0.2) is 5.96 Å². The first-order chi connectivity index (χ1) is 10.3. The van der Waals surface area contributed by atoms with Crippen LogP contribution >= 0.6 is 24.0 Å². The van der Waals surface area contributed by atoms with Crippen LogP contribution in [0, 0.1) is 5.41 Å². The summed E-state index contributed by atoms with van der Waals surface area (Å²) in [6, 6.07) is 3.96. The van der Waals surface area contributed by atoms with Crippen LogP contribution in [0.2, 0.25) is 0 Å². The molecule has 0 unspecified atom stereocenters. The lowest BCUT2D eigenvalue weighted by Gasteiger charge is -2.62. The van der Waals surface area contributed by atoms with Gasteiger partial charge in [-0.05, 0) is 32.4 Å². The molecule has 0 spiro atoms. The molecular weight excluding hydrogens is 403 g/mol. The molecule has 1 N–H and O–H groups in total. The first-order valence-corrected chi connectivity index (χ1v) is 7.88. The smallest absolute Gasteiger partial charge is 0.213 e. The minimum absolute atomic E-state index is 0. The highest BCUT2D eigenvalue weighted by atomic mass is 127. The molecule has 0 bridgehead atoms. The zero-order chi connectivity index (χ0) is 16.4. The fourth-order valence-electron chi connectivity index (χ4n) is 2.66. The molecule has 2 heterocycles. The first kappa shape index (κ1) is 20.0. The van der Waals surface area contributed by atoms with E-state index in [4.69, 9.17) is 4.74 Å². The Bertz CT molecular complexity index is 557. The fraction of sp³-hybridized carbons (Fsp3) is 0.647. The number of nitrogens with one attached hydrogen (secondary N) is 1. The molecule has 1 aliphatic heterocycles. The molecule has 1 aromatic rings. The topological polar surface area (TPSA) is 49.8 Å². The van der Waals surface area contributed by atoms with E-state index in [9.17, 15) is 0 Å². The molecule has 1 fully saturated rings. The van der Waals surface area contributed by atoms with Gasteiger partial charge in [0, 0.05) is 43.4 Å². The summed E-state index contributed by atoms with van der Waals surface area (Å²) in [5.74, 6) is 1.61. The standard InChI is InChI=1S/C17H28N4O.HI/c1-7-22-14-10-13(8-9-19-14)11-20-15(18-6)21-12-16(2,3)17(21,4)5;/h8-10H,7,11-12H2,1-6H3,(H,18,20);1H. The zero-order valence-electron chi connectivity index (χ0n) is 15.0. The average Bonchev–Trinajstić information content (AvgIpc) is 2.47. The summed E-state index contributed by atoms with van der Waals surface area (Å²) in [6.45, 7) is 13.4. The van der Waals surface area contributed by atoms with Crippen molar-refractivity contribution in [3.8, 4) is 5.88 Å². The van der Waals surface area contributed by atoms with Crippen LogP contribution in [0.4, 0.5) is 0 Å². The number of aromatic nitrogens is 1. The van der Waals surface area contributed by atoms with E-state index in [0.29, 0.717) is 24.4 Å². The van der Waals surface area contributed by atoms with Gasteiger partial charge in [0.1, 0.15) is 0 Å². The van der Waals surface area contributed by atoms with Crippen molar-refractivity contribution in [1.29, 1.82) is 0 Å². The fourth-order valence-corrected chi connectivity index (χ4v) is 2.66. The highest BCUT2D eigenvalue weighted by Gasteiger charge is 2.53. The number of rotatable bonds is 4. The second kappa shape index (κ2) is 7.68. The van der Waals surface area contributed by atoms with Gasteiger partial charge < -0.3 is 15.0 Å². The van der Waals surface area contributed by atoms with Crippen LogP contribution in [0.3, 0.4) is 0 Å². The predicted octanol–water partition coefficient (Wildman–Crippen LogP) is 3.29. The predicted molar refractivity (Wildman–Crippen MR) is 106 cm³/mol. The maximum atomic E-state index is 5.44. The van der Waals surface area contributed by atoms with Crippen LogP contribution in [-0.2, 0) is 6.54 Å². The summed E-state index contributed by atoms with van der Waals surface area (Å²) in [6.07, 6.45) is 1.78. The molecule has 2 rings (SSSR count). The van der Waals surface area contributed by atoms with Crippen LogP contribution in [0.15, 0.2) is 23.3 Å². The van der Waals surface area contributed by atoms with Gasteiger partial charge in [-0.15, -0.1) is 24.0 Å². The number of guanidine groups is 1. The first-order valence-electron chi connectivity index (χ1n) is 7.88. The van der Waals surface area contributed by atoms with E-state index in [1.54, 1.807) is 6.20 Å². The van der Waals surface area contributed by atoms with E-state index in [-0.39, 0.29) is 29.5 Å². The van der Waals surface area contributed by atoms with E-state index in [1.165, 1.54) is 0 Å². The molecule has 5 nitrogen and oxygen atoms in total. The third kappa shape index (κ3) is 4.08. The Morgan fingerprint density at radius 3 is 2.61 bits per heavy atom. The van der Waals surface area contributed by atoms with E-state index < -0.39 is 0 Å². The normalized spacial score (nSPS) is 18.7. The summed E-state index contributed by atoms with van der Waals surface area (Å²) in [5, 5.41) is 3.44. The number of ether oxygens (including phenoxy) is 1. The van der Waals surface area contributed by atoms with Gasteiger partial charge in [-0.1, -0.05) is 13.8 Å². The maximum absolute atomic E-state index is 5.44. The van der Waals surface area contributed by atoms with Crippen molar-refractivity contribution < 1.29 is 4.74 Å². The van der Waals surface area contributed by atoms with E-state index >= 15 is 0 Å². The number of hydrogen-bond acceptors (Lipinski definition) is 3. The summed E-state index contributed by atoms with van der Waals surface area (Å²) in [7, 11) is 1.84. The molecule has 0 amide bonds. The second-order valence-electron chi connectivity index (χ2n) is 6.87. The second-order valence-corrected chi connectivity index (χ2v) is 6.87. The molecule has 0 aliphatic carbocycles. The molecule has 0 saturated carbocycles. The zero-order valence-corrected chi connectivity index (χ0v) is 17.3. The highest BCUT2D eigenvalue weighted by molar-refractivity contribution is 14.0. The Balaban J connectivity index is 0.00000264. The van der Waals surface area contributed by atoms with Gasteiger partial charge in [0.25, 0.3) is 0 Å². The molecule has 23 heavy (non-hydrogen) atoms. The van der Waals surface area contributed by atoms with Crippen LogP contribution in [-0.4, -0.2) is 41.6 Å². The quantitative estimate of drug-likeness (QED) is 0.451. The summed E-state index contributed by atoms with van der Waals surface area (Å²) in [5.41, 5.74) is 1.53. The molecular formula is C17H29IN4O. The number of hydrogen-bond donors (Lipinski definition) is 1. The maximum Gasteiger partial charge on any atom is 0.213 e. The van der Waals surface area contributed by atoms with E-state index in [0.717, 1.165) is 18.1 Å². The average molecular weight is 432 g/mol. The van der Waals surface area contributed by atoms with Crippen molar-refractivity contribution in [1.82, 2.24) is 15.2 Å². The minimum atomic E-state index is 0. The number of pyridine rings is 1. The third-order valence-electron chi connectivity index (χ3n) is 4.89. The molecule has 0 radical (unpaired) electrons. The van der Waals surface area contributed by atoms with Crippen molar-refractivity contribution in [2.24, 2.45) is 10.4 Å². The molecule has 0 atom stereocenters. The van der Waals surface area contributed by atoms with Crippen molar-refractivity contribution in [3.63, 3.8) is 0 Å². The van der Waals surface area contributed by atoms with Crippen LogP contribution in [0.25, 0.3) is 0 Å². The van der Waals surface area contributed by atoms with E-state index in [1.807, 2.05) is 26.1 Å². The largest absolute Gasteiger partial charge is 0.478 e. The SMILES string of the molecule is CCOc1cc(CNC(=NC)N2CC(C)(C)C2(C)C)ccn1.I. The monoisotopic (exact) mass is 432 g/mol. The molecule has 1 aliphatic rings. The van der Waals surface area contributed by atoms with Crippen molar-refractivity contribution in [3.05, 3.63) is 23.9 Å². The van der Waals surface area contributed by atoms with Gasteiger partial charge in [0.2, 0.25) is 5.88 Å². The Morgan fingerprint density at radius 2 is 2.09 bits per heavy atom. The third-order valence-corrected chi connectivity index (χ3v) is 4.89. The molecule has 0 aromatic carbocycles. The highest BCUT2D eigenvalue weighted by Crippen LogP contribution is 2.46. The summed E-state index contributed by atoms with van der Waals surface area (Å²) in [4.78, 5) is 11.0. The van der Waals surface area contributed by atoms with Crippen molar-refractivity contribution in [2.75, 3.05) is 20.2 Å².